The molecular weight excluding hydrogens is 531 g/mol. The van der Waals surface area contributed by atoms with Crippen molar-refractivity contribution in [2.24, 2.45) is 11.3 Å². The molecule has 0 aromatic carbocycles. The van der Waals surface area contributed by atoms with Crippen LogP contribution >= 0.6 is 15.9 Å². The van der Waals surface area contributed by atoms with Crippen molar-refractivity contribution in [2.45, 2.75) is 95.5 Å². The number of allylic oxidation sites excluding steroid dienone is 3. The van der Waals surface area contributed by atoms with E-state index < -0.39 is 11.9 Å². The molecule has 1 spiro atoms. The molecule has 0 amide bonds. The van der Waals surface area contributed by atoms with Crippen molar-refractivity contribution in [3.05, 3.63) is 51.4 Å². The fraction of sp³-hybridized carbons (Fsp3) is 0.679. The van der Waals surface area contributed by atoms with Crippen molar-refractivity contribution < 1.29 is 17.9 Å². The zero-order chi connectivity index (χ0) is 25.4. The number of nitrogens with one attached hydrogen (secondary N) is 2. The summed E-state index contributed by atoms with van der Waals surface area (Å²) in [4.78, 5) is 3.64. The van der Waals surface area contributed by atoms with Gasteiger partial charge in [-0.3, -0.25) is 4.98 Å². The van der Waals surface area contributed by atoms with Crippen LogP contribution in [0.2, 0.25) is 0 Å². The number of dihydropyridines is 1. The molecule has 4 nitrogen and oxygen atoms in total. The Morgan fingerprint density at radius 3 is 2.58 bits per heavy atom. The van der Waals surface area contributed by atoms with Gasteiger partial charge in [0.25, 0.3) is 0 Å². The quantitative estimate of drug-likeness (QED) is 0.346. The minimum absolute atomic E-state index is 0.00974. The Labute approximate surface area is 220 Å². The van der Waals surface area contributed by atoms with E-state index in [4.69, 9.17) is 4.74 Å². The van der Waals surface area contributed by atoms with Crippen molar-refractivity contribution in [2.75, 3.05) is 13.2 Å². The normalized spacial score (nSPS) is 28.4. The first kappa shape index (κ1) is 26.2. The highest BCUT2D eigenvalue weighted by Gasteiger charge is 2.49. The minimum atomic E-state index is -4.46. The Morgan fingerprint density at radius 2 is 1.94 bits per heavy atom. The molecule has 2 aliphatic carbocycles. The zero-order valence-corrected chi connectivity index (χ0v) is 22.6. The first-order chi connectivity index (χ1) is 17.2. The van der Waals surface area contributed by atoms with Gasteiger partial charge in [0.15, 0.2) is 5.69 Å². The molecule has 1 aromatic rings. The summed E-state index contributed by atoms with van der Waals surface area (Å²) in [5.74, 6) is 0.732. The van der Waals surface area contributed by atoms with Crippen LogP contribution in [0.15, 0.2) is 40.2 Å². The highest BCUT2D eigenvalue weighted by Crippen LogP contribution is 2.52. The standard InChI is InChI=1S/C28H37BrF3N3O/c1-19-22(21-5-4-6-21)7-8-24(35-19)26(12-14-36-27(18-26)9-2-3-10-27)11-13-33-16-20-15-23(29)25(34-17-20)28(30,31)32/h7-8,15,17,19,21,33,35H,2-6,9-14,16,18H2,1H3/t19?,26-/m1/s1. The summed E-state index contributed by atoms with van der Waals surface area (Å²) in [5.41, 5.74) is 2.75. The largest absolute Gasteiger partial charge is 0.434 e. The molecule has 0 radical (unpaired) electrons. The number of nitrogens with zero attached hydrogens (tertiary/aromatic N) is 1. The average molecular weight is 569 g/mol. The second-order valence-electron chi connectivity index (χ2n) is 11.3. The lowest BCUT2D eigenvalue weighted by molar-refractivity contribution is -0.141. The van der Waals surface area contributed by atoms with Crippen molar-refractivity contribution in [3.63, 3.8) is 0 Å². The molecule has 4 aliphatic rings. The van der Waals surface area contributed by atoms with Crippen LogP contribution in [0.1, 0.15) is 82.4 Å². The Bertz CT molecular complexity index is 1010. The molecule has 3 fully saturated rings. The molecule has 5 rings (SSSR count). The number of ether oxygens (including phenoxy) is 1. The maximum Gasteiger partial charge on any atom is 0.434 e. The Morgan fingerprint density at radius 1 is 1.17 bits per heavy atom. The van der Waals surface area contributed by atoms with Crippen LogP contribution in [-0.4, -0.2) is 29.8 Å². The molecule has 0 bridgehead atoms. The van der Waals surface area contributed by atoms with Crippen LogP contribution in [0.4, 0.5) is 13.2 Å². The van der Waals surface area contributed by atoms with Gasteiger partial charge in [-0.05, 0) is 104 Å². The predicted octanol–water partition coefficient (Wildman–Crippen LogP) is 7.05. The molecule has 2 aliphatic heterocycles. The van der Waals surface area contributed by atoms with Gasteiger partial charge in [-0.25, -0.2) is 0 Å². The van der Waals surface area contributed by atoms with Crippen molar-refractivity contribution >= 4 is 15.9 Å². The first-order valence-corrected chi connectivity index (χ1v) is 14.2. The number of aromatic nitrogens is 1. The molecule has 8 heteroatoms. The van der Waals surface area contributed by atoms with Crippen LogP contribution in [0.25, 0.3) is 0 Å². The average Bonchev–Trinajstić information content (AvgIpc) is 3.23. The smallest absolute Gasteiger partial charge is 0.382 e. The summed E-state index contributed by atoms with van der Waals surface area (Å²) in [6, 6.07) is 1.87. The van der Waals surface area contributed by atoms with Crippen LogP contribution in [0, 0.1) is 11.3 Å². The van der Waals surface area contributed by atoms with Gasteiger partial charge in [0.1, 0.15) is 0 Å². The molecule has 2 saturated carbocycles. The van der Waals surface area contributed by atoms with Gasteiger partial charge >= 0.3 is 6.18 Å². The Balaban J connectivity index is 1.29. The summed E-state index contributed by atoms with van der Waals surface area (Å²) in [6.45, 7) is 4.34. The SMILES string of the molecule is CC1NC([C@]2(CCNCc3cnc(C(F)(F)F)c(Br)c3)CCOC3(CCCC3)C2)=CC=C1C1CCC1. The Hall–Kier alpha value is -1.38. The molecule has 1 saturated heterocycles. The van der Waals surface area contributed by atoms with Crippen molar-refractivity contribution in [1.29, 1.82) is 0 Å². The van der Waals surface area contributed by atoms with Crippen molar-refractivity contribution in [3.8, 4) is 0 Å². The lowest BCUT2D eigenvalue weighted by Crippen LogP contribution is -2.50. The molecule has 1 aromatic heterocycles. The minimum Gasteiger partial charge on any atom is -0.382 e. The van der Waals surface area contributed by atoms with Gasteiger partial charge in [-0.1, -0.05) is 25.3 Å². The van der Waals surface area contributed by atoms with E-state index in [-0.39, 0.29) is 15.5 Å². The van der Waals surface area contributed by atoms with Crippen molar-refractivity contribution in [1.82, 2.24) is 15.6 Å². The molecule has 2 N–H and O–H groups in total. The van der Waals surface area contributed by atoms with Gasteiger partial charge in [-0.2, -0.15) is 13.2 Å². The molecule has 2 atom stereocenters. The maximum atomic E-state index is 13.0. The van der Waals surface area contributed by atoms with Crippen LogP contribution in [0.3, 0.4) is 0 Å². The number of alkyl halides is 3. The van der Waals surface area contributed by atoms with Gasteiger partial charge in [-0.15, -0.1) is 0 Å². The fourth-order valence-electron chi connectivity index (χ4n) is 6.73. The summed E-state index contributed by atoms with van der Waals surface area (Å²) in [5, 5.41) is 7.39. The highest BCUT2D eigenvalue weighted by atomic mass is 79.9. The first-order valence-electron chi connectivity index (χ1n) is 13.4. The van der Waals surface area contributed by atoms with Crippen LogP contribution < -0.4 is 10.6 Å². The highest BCUT2D eigenvalue weighted by molar-refractivity contribution is 9.10. The fourth-order valence-corrected chi connectivity index (χ4v) is 7.35. The number of hydrogen-bond acceptors (Lipinski definition) is 4. The summed E-state index contributed by atoms with van der Waals surface area (Å²) in [7, 11) is 0. The van der Waals surface area contributed by atoms with E-state index in [0.29, 0.717) is 12.6 Å². The van der Waals surface area contributed by atoms with E-state index in [0.717, 1.165) is 56.7 Å². The third-order valence-electron chi connectivity index (χ3n) is 8.90. The van der Waals surface area contributed by atoms with E-state index in [1.165, 1.54) is 50.1 Å². The van der Waals surface area contributed by atoms with Gasteiger partial charge in [0, 0.05) is 41.0 Å². The second-order valence-corrected chi connectivity index (χ2v) is 12.1. The summed E-state index contributed by atoms with van der Waals surface area (Å²) in [6.07, 6.45) is 13.3. The molecule has 36 heavy (non-hydrogen) atoms. The number of rotatable bonds is 7. The topological polar surface area (TPSA) is 46.2 Å². The number of hydrogen-bond donors (Lipinski definition) is 2. The molecular formula is C28H37BrF3N3O. The second kappa shape index (κ2) is 10.4. The number of pyridine rings is 1. The maximum absolute atomic E-state index is 13.0. The van der Waals surface area contributed by atoms with E-state index in [1.807, 2.05) is 0 Å². The summed E-state index contributed by atoms with van der Waals surface area (Å²) < 4.78 is 45.5. The Kier molecular flexibility index (Phi) is 7.59. The number of halogens is 4. The van der Waals surface area contributed by atoms with E-state index in [1.54, 1.807) is 5.57 Å². The van der Waals surface area contributed by atoms with E-state index in [9.17, 15) is 13.2 Å². The lowest BCUT2D eigenvalue weighted by Gasteiger charge is -2.49. The summed E-state index contributed by atoms with van der Waals surface area (Å²) >= 11 is 3.03. The van der Waals surface area contributed by atoms with Gasteiger partial charge < -0.3 is 15.4 Å². The van der Waals surface area contributed by atoms with E-state index in [2.05, 4.69) is 50.6 Å². The zero-order valence-electron chi connectivity index (χ0n) is 21.0. The van der Waals surface area contributed by atoms with Gasteiger partial charge in [0.05, 0.1) is 5.60 Å². The monoisotopic (exact) mass is 567 g/mol. The van der Waals surface area contributed by atoms with Crippen LogP contribution in [0.5, 0.6) is 0 Å². The van der Waals surface area contributed by atoms with Gasteiger partial charge in [0.2, 0.25) is 0 Å². The third-order valence-corrected chi connectivity index (χ3v) is 9.51. The molecule has 198 valence electrons. The third kappa shape index (κ3) is 5.41. The van der Waals surface area contributed by atoms with E-state index >= 15 is 0 Å². The molecule has 1 unspecified atom stereocenters. The lowest BCUT2D eigenvalue weighted by atomic mass is 9.66. The molecule has 3 heterocycles. The predicted molar refractivity (Wildman–Crippen MR) is 138 cm³/mol. The van der Waals surface area contributed by atoms with Crippen LogP contribution in [-0.2, 0) is 17.5 Å².